The Morgan fingerprint density at radius 1 is 1.25 bits per heavy atom. The topological polar surface area (TPSA) is 85.2 Å². The molecule has 168 valence electrons. The Bertz CT molecular complexity index is 1040. The number of piperidine rings is 1. The minimum Gasteiger partial charge on any atom is -0.497 e. The number of rotatable bonds is 7. The first-order valence-electron chi connectivity index (χ1n) is 11.1. The summed E-state index contributed by atoms with van der Waals surface area (Å²) in [6, 6.07) is 9.83. The molecule has 0 saturated carbocycles. The van der Waals surface area contributed by atoms with Crippen molar-refractivity contribution in [2.24, 2.45) is 0 Å². The molecule has 0 spiro atoms. The van der Waals surface area contributed by atoms with E-state index in [1.165, 1.54) is 0 Å². The average Bonchev–Trinajstić information content (AvgIpc) is 3.34. The van der Waals surface area contributed by atoms with Crippen LogP contribution in [0.2, 0.25) is 0 Å². The minimum atomic E-state index is -0.0698. The second kappa shape index (κ2) is 9.80. The number of aromatic nitrogens is 4. The van der Waals surface area contributed by atoms with Crippen LogP contribution in [-0.4, -0.2) is 45.1 Å². The van der Waals surface area contributed by atoms with Crippen molar-refractivity contribution in [1.29, 1.82) is 0 Å². The molecule has 2 atom stereocenters. The van der Waals surface area contributed by atoms with Crippen molar-refractivity contribution in [3.05, 3.63) is 60.3 Å². The fourth-order valence-corrected chi connectivity index (χ4v) is 4.18. The van der Waals surface area contributed by atoms with E-state index in [1.54, 1.807) is 24.2 Å². The number of methoxy groups -OCH3 is 1. The summed E-state index contributed by atoms with van der Waals surface area (Å²) in [7, 11) is 1.65. The minimum absolute atomic E-state index is 0.0471. The number of hydrogen-bond donors (Lipinski definition) is 1. The summed E-state index contributed by atoms with van der Waals surface area (Å²) in [4.78, 5) is 28.6. The van der Waals surface area contributed by atoms with Crippen LogP contribution in [0.4, 0.5) is 5.82 Å². The molecule has 3 aromatic rings. The summed E-state index contributed by atoms with van der Waals surface area (Å²) in [5.74, 6) is 2.31. The maximum Gasteiger partial charge on any atom is 0.237 e. The summed E-state index contributed by atoms with van der Waals surface area (Å²) in [5.41, 5.74) is 1.94. The summed E-state index contributed by atoms with van der Waals surface area (Å²) in [6.07, 6.45) is 8.84. The number of imidazole rings is 1. The summed E-state index contributed by atoms with van der Waals surface area (Å²) in [6.45, 7) is 4.85. The van der Waals surface area contributed by atoms with Crippen molar-refractivity contribution in [3.8, 4) is 11.7 Å². The van der Waals surface area contributed by atoms with E-state index >= 15 is 0 Å². The zero-order chi connectivity index (χ0) is 22.5. The molecular weight excluding hydrogens is 404 g/mol. The molecule has 1 saturated heterocycles. The molecule has 32 heavy (non-hydrogen) atoms. The van der Waals surface area contributed by atoms with Gasteiger partial charge in [-0.25, -0.2) is 9.97 Å². The molecule has 0 aliphatic carbocycles. The lowest BCUT2D eigenvalue weighted by atomic mass is 9.98. The van der Waals surface area contributed by atoms with Gasteiger partial charge in [0.15, 0.2) is 0 Å². The largest absolute Gasteiger partial charge is 0.497 e. The molecule has 1 N–H and O–H groups in total. The number of benzene rings is 1. The highest BCUT2D eigenvalue weighted by Crippen LogP contribution is 2.27. The third kappa shape index (κ3) is 5.07. The van der Waals surface area contributed by atoms with Crippen LogP contribution in [0.3, 0.4) is 0 Å². The summed E-state index contributed by atoms with van der Waals surface area (Å²) < 4.78 is 7.02. The van der Waals surface area contributed by atoms with Crippen LogP contribution in [0.15, 0.2) is 49.1 Å². The average molecular weight is 435 g/mol. The van der Waals surface area contributed by atoms with Gasteiger partial charge in [-0.05, 0) is 50.8 Å². The van der Waals surface area contributed by atoms with Gasteiger partial charge in [0.1, 0.15) is 17.9 Å². The SMILES string of the molecule is COc1ccc(C(C)NC(=O)CC2CCCCN2c2cc(C)nc(-n3ccnc3)n2)cc1. The smallest absolute Gasteiger partial charge is 0.237 e. The Hall–Kier alpha value is -3.42. The van der Waals surface area contributed by atoms with Crippen LogP contribution in [0.25, 0.3) is 5.95 Å². The molecule has 1 amide bonds. The lowest BCUT2D eigenvalue weighted by Crippen LogP contribution is -2.43. The third-order valence-corrected chi connectivity index (χ3v) is 5.90. The number of aryl methyl sites for hydroxylation is 1. The van der Waals surface area contributed by atoms with Gasteiger partial charge in [0, 0.05) is 43.2 Å². The van der Waals surface area contributed by atoms with Gasteiger partial charge in [-0.3, -0.25) is 9.36 Å². The molecule has 8 nitrogen and oxygen atoms in total. The molecule has 0 bridgehead atoms. The number of hydrogen-bond acceptors (Lipinski definition) is 6. The Morgan fingerprint density at radius 2 is 2.06 bits per heavy atom. The van der Waals surface area contributed by atoms with E-state index < -0.39 is 0 Å². The highest BCUT2D eigenvalue weighted by atomic mass is 16.5. The fourth-order valence-electron chi connectivity index (χ4n) is 4.18. The van der Waals surface area contributed by atoms with Gasteiger partial charge in [0.2, 0.25) is 11.9 Å². The number of anilines is 1. The zero-order valence-electron chi connectivity index (χ0n) is 18.9. The van der Waals surface area contributed by atoms with E-state index in [0.717, 1.165) is 48.6 Å². The second-order valence-corrected chi connectivity index (χ2v) is 8.25. The van der Waals surface area contributed by atoms with Crippen molar-refractivity contribution in [2.75, 3.05) is 18.6 Å². The number of nitrogens with one attached hydrogen (secondary N) is 1. The first-order chi connectivity index (χ1) is 15.5. The van der Waals surface area contributed by atoms with Gasteiger partial charge in [0.05, 0.1) is 13.2 Å². The van der Waals surface area contributed by atoms with E-state index in [9.17, 15) is 4.79 Å². The Kier molecular flexibility index (Phi) is 6.68. The number of carbonyl (C=O) groups excluding carboxylic acids is 1. The van der Waals surface area contributed by atoms with Crippen molar-refractivity contribution >= 4 is 11.7 Å². The lowest BCUT2D eigenvalue weighted by Gasteiger charge is -2.36. The number of amides is 1. The molecule has 2 unspecified atom stereocenters. The highest BCUT2D eigenvalue weighted by Gasteiger charge is 2.27. The Labute approximate surface area is 188 Å². The summed E-state index contributed by atoms with van der Waals surface area (Å²) in [5, 5.41) is 3.15. The molecule has 2 aromatic heterocycles. The molecule has 4 rings (SSSR count). The highest BCUT2D eigenvalue weighted by molar-refractivity contribution is 5.77. The van der Waals surface area contributed by atoms with Crippen LogP contribution >= 0.6 is 0 Å². The Balaban J connectivity index is 1.46. The first-order valence-corrected chi connectivity index (χ1v) is 11.1. The van der Waals surface area contributed by atoms with Gasteiger partial charge >= 0.3 is 0 Å². The molecule has 1 aliphatic rings. The summed E-state index contributed by atoms with van der Waals surface area (Å²) >= 11 is 0. The number of carbonyl (C=O) groups is 1. The Morgan fingerprint density at radius 3 is 2.78 bits per heavy atom. The van der Waals surface area contributed by atoms with Crippen LogP contribution in [0.1, 0.15) is 49.9 Å². The quantitative estimate of drug-likeness (QED) is 0.612. The zero-order valence-corrected chi connectivity index (χ0v) is 18.9. The molecule has 1 fully saturated rings. The normalized spacial score (nSPS) is 17.1. The van der Waals surface area contributed by atoms with Gasteiger partial charge in [-0.15, -0.1) is 0 Å². The predicted octanol–water partition coefficient (Wildman–Crippen LogP) is 3.61. The molecule has 1 aromatic carbocycles. The van der Waals surface area contributed by atoms with Gasteiger partial charge < -0.3 is 15.0 Å². The van der Waals surface area contributed by atoms with Crippen LogP contribution in [0.5, 0.6) is 5.75 Å². The monoisotopic (exact) mass is 434 g/mol. The van der Waals surface area contributed by atoms with E-state index in [-0.39, 0.29) is 18.0 Å². The van der Waals surface area contributed by atoms with Crippen LogP contribution in [0, 0.1) is 6.92 Å². The van der Waals surface area contributed by atoms with Gasteiger partial charge in [0.25, 0.3) is 0 Å². The maximum atomic E-state index is 12.9. The van der Waals surface area contributed by atoms with E-state index in [2.05, 4.69) is 20.2 Å². The number of nitrogens with zero attached hydrogens (tertiary/aromatic N) is 5. The van der Waals surface area contributed by atoms with Crippen molar-refractivity contribution in [3.63, 3.8) is 0 Å². The van der Waals surface area contributed by atoms with Crippen molar-refractivity contribution in [2.45, 2.75) is 51.6 Å². The first kappa shape index (κ1) is 21.8. The molecular formula is C24H30N6O2. The van der Waals surface area contributed by atoms with E-state index in [4.69, 9.17) is 9.72 Å². The second-order valence-electron chi connectivity index (χ2n) is 8.25. The van der Waals surface area contributed by atoms with Crippen molar-refractivity contribution in [1.82, 2.24) is 24.8 Å². The van der Waals surface area contributed by atoms with E-state index in [0.29, 0.717) is 12.4 Å². The standard InChI is InChI=1S/C24H30N6O2/c1-17-14-22(28-24(26-17)29-13-11-25-16-29)30-12-5-4-6-20(30)15-23(31)27-18(2)19-7-9-21(32-3)10-8-19/h7-11,13-14,16,18,20H,4-6,12,15H2,1-3H3,(H,27,31). The van der Waals surface area contributed by atoms with Gasteiger partial charge in [-0.2, -0.15) is 4.98 Å². The van der Waals surface area contributed by atoms with E-state index in [1.807, 2.05) is 50.4 Å². The van der Waals surface area contributed by atoms with Gasteiger partial charge in [-0.1, -0.05) is 12.1 Å². The fraction of sp³-hybridized carbons (Fsp3) is 0.417. The third-order valence-electron chi connectivity index (χ3n) is 5.90. The molecule has 8 heteroatoms. The number of ether oxygens (including phenoxy) is 1. The maximum absolute atomic E-state index is 12.9. The molecule has 3 heterocycles. The molecule has 1 aliphatic heterocycles. The van der Waals surface area contributed by atoms with Crippen LogP contribution < -0.4 is 15.0 Å². The predicted molar refractivity (Wildman–Crippen MR) is 123 cm³/mol. The lowest BCUT2D eigenvalue weighted by molar-refractivity contribution is -0.122. The molecule has 0 radical (unpaired) electrons. The van der Waals surface area contributed by atoms with Crippen LogP contribution in [-0.2, 0) is 4.79 Å². The van der Waals surface area contributed by atoms with Crippen molar-refractivity contribution < 1.29 is 9.53 Å².